The number of nitrogens with two attached hydrogens (primary N) is 2. The van der Waals surface area contributed by atoms with E-state index in [-0.39, 0.29) is 0 Å². The van der Waals surface area contributed by atoms with Crippen LogP contribution in [0, 0.1) is 0 Å². The molecule has 2 aromatic heterocycles. The third-order valence-corrected chi connectivity index (χ3v) is 1.76. The molecule has 0 atom stereocenters. The summed E-state index contributed by atoms with van der Waals surface area (Å²) in [6, 6.07) is 1.80. The van der Waals surface area contributed by atoms with Crippen LogP contribution in [0.15, 0.2) is 12.3 Å². The molecular formula is C7H11N5O. The molecule has 6 nitrogen and oxygen atoms in total. The van der Waals surface area contributed by atoms with E-state index in [1.54, 1.807) is 16.8 Å². The van der Waals surface area contributed by atoms with Crippen molar-refractivity contribution in [3.63, 3.8) is 0 Å². The van der Waals surface area contributed by atoms with E-state index in [0.29, 0.717) is 18.4 Å². The van der Waals surface area contributed by atoms with E-state index in [2.05, 4.69) is 4.98 Å². The van der Waals surface area contributed by atoms with Gasteiger partial charge in [0.05, 0.1) is 6.20 Å². The Morgan fingerprint density at radius 2 is 2.31 bits per heavy atom. The van der Waals surface area contributed by atoms with Crippen LogP contribution in [0.5, 0.6) is 0 Å². The summed E-state index contributed by atoms with van der Waals surface area (Å²) in [5.41, 5.74) is 12.0. The molecule has 13 heavy (non-hydrogen) atoms. The fraction of sp³-hybridized carbons (Fsp3) is 0.286. The fourth-order valence-corrected chi connectivity index (χ4v) is 1.26. The van der Waals surface area contributed by atoms with Crippen LogP contribution in [0.3, 0.4) is 0 Å². The van der Waals surface area contributed by atoms with Gasteiger partial charge in [-0.2, -0.15) is 9.50 Å². The molecule has 4 N–H and O–H groups in total. The molecule has 0 saturated heterocycles. The Kier molecular flexibility index (Phi) is 1.54. The minimum absolute atomic E-state index is 0.325. The molecule has 0 aliphatic heterocycles. The van der Waals surface area contributed by atoms with Gasteiger partial charge in [-0.3, -0.25) is 0 Å². The van der Waals surface area contributed by atoms with Gasteiger partial charge in [-0.1, -0.05) is 0 Å². The van der Waals surface area contributed by atoms with Crippen molar-refractivity contribution >= 4 is 17.3 Å². The number of hydrogen-bond acceptors (Lipinski definition) is 4. The molecule has 2 rings (SSSR count). The molecule has 0 fully saturated rings. The summed E-state index contributed by atoms with van der Waals surface area (Å²) in [6.07, 6.45) is 1.74. The second-order valence-corrected chi connectivity index (χ2v) is 2.59. The van der Waals surface area contributed by atoms with Crippen LogP contribution in [-0.2, 0) is 0 Å². The van der Waals surface area contributed by atoms with Gasteiger partial charge in [-0.25, -0.2) is 0 Å². The summed E-state index contributed by atoms with van der Waals surface area (Å²) < 4.78 is 1.61. The number of nitrogens with zero attached hydrogens (tertiary/aromatic N) is 3. The first-order valence-electron chi connectivity index (χ1n) is 3.98. The number of imidazole rings is 1. The van der Waals surface area contributed by atoms with Crippen molar-refractivity contribution in [3.05, 3.63) is 12.3 Å². The van der Waals surface area contributed by atoms with Crippen molar-refractivity contribution in [3.8, 4) is 0 Å². The monoisotopic (exact) mass is 181 g/mol. The zero-order valence-corrected chi connectivity index (χ0v) is 7.27. The summed E-state index contributed by atoms with van der Waals surface area (Å²) in [6.45, 7) is 2.45. The lowest BCUT2D eigenvalue weighted by Crippen LogP contribution is -2.16. The van der Waals surface area contributed by atoms with E-state index in [9.17, 15) is 0 Å². The lowest BCUT2D eigenvalue weighted by molar-refractivity contribution is 0.0851. The van der Waals surface area contributed by atoms with Crippen molar-refractivity contribution in [2.45, 2.75) is 6.92 Å². The van der Waals surface area contributed by atoms with E-state index < -0.39 is 0 Å². The molecular weight excluding hydrogens is 170 g/mol. The predicted molar refractivity (Wildman–Crippen MR) is 49.1 cm³/mol. The number of hydrogen-bond donors (Lipinski definition) is 2. The van der Waals surface area contributed by atoms with Gasteiger partial charge < -0.3 is 16.3 Å². The van der Waals surface area contributed by atoms with Crippen LogP contribution < -0.4 is 16.3 Å². The molecule has 0 radical (unpaired) electrons. The smallest absolute Gasteiger partial charge is 0.224 e. The first kappa shape index (κ1) is 7.78. The Balaban J connectivity index is 2.64. The normalized spacial score (nSPS) is 10.8. The van der Waals surface area contributed by atoms with E-state index >= 15 is 0 Å². The van der Waals surface area contributed by atoms with Crippen molar-refractivity contribution in [1.29, 1.82) is 0 Å². The Hall–Kier alpha value is -1.85. The van der Waals surface area contributed by atoms with Gasteiger partial charge in [0, 0.05) is 0 Å². The van der Waals surface area contributed by atoms with E-state index in [1.165, 1.54) is 4.85 Å². The number of anilines is 2. The average Bonchev–Trinajstić information content (AvgIpc) is 2.58. The Bertz CT molecular complexity index is 429. The highest BCUT2D eigenvalue weighted by Gasteiger charge is 2.09. The summed E-state index contributed by atoms with van der Waals surface area (Å²) in [5.74, 6) is 0.738. The number of aromatic nitrogens is 3. The Labute approximate surface area is 74.6 Å². The summed E-state index contributed by atoms with van der Waals surface area (Å²) >= 11 is 0. The average molecular weight is 181 g/mol. The predicted octanol–water partition coefficient (Wildman–Crippen LogP) is -0.251. The quantitative estimate of drug-likeness (QED) is 0.669. The number of fused-ring (bicyclic) bond motifs is 1. The topological polar surface area (TPSA) is 83.5 Å². The van der Waals surface area contributed by atoms with Gasteiger partial charge in [0.15, 0.2) is 5.82 Å². The lowest BCUT2D eigenvalue weighted by atomic mass is 10.5. The number of rotatable bonds is 2. The lowest BCUT2D eigenvalue weighted by Gasteiger charge is -2.04. The molecule has 70 valence electrons. The van der Waals surface area contributed by atoms with Gasteiger partial charge in [0.25, 0.3) is 0 Å². The van der Waals surface area contributed by atoms with Gasteiger partial charge in [-0.15, -0.1) is 4.85 Å². The first-order chi connectivity index (χ1) is 6.24. The van der Waals surface area contributed by atoms with E-state index in [0.717, 1.165) is 5.52 Å². The Morgan fingerprint density at radius 3 is 3.00 bits per heavy atom. The minimum Gasteiger partial charge on any atom is -0.398 e. The van der Waals surface area contributed by atoms with Crippen molar-refractivity contribution in [2.24, 2.45) is 0 Å². The van der Waals surface area contributed by atoms with Crippen molar-refractivity contribution < 1.29 is 4.84 Å². The third kappa shape index (κ3) is 0.986. The maximum absolute atomic E-state index is 5.62. The zero-order chi connectivity index (χ0) is 9.42. The molecule has 0 unspecified atom stereocenters. The maximum Gasteiger partial charge on any atom is 0.224 e. The second-order valence-electron chi connectivity index (χ2n) is 2.59. The van der Waals surface area contributed by atoms with E-state index in [1.807, 2.05) is 6.92 Å². The summed E-state index contributed by atoms with van der Waals surface area (Å²) in [5, 5.41) is 0. The van der Waals surface area contributed by atoms with Crippen LogP contribution in [-0.4, -0.2) is 21.0 Å². The maximum atomic E-state index is 5.62. The SMILES string of the molecule is CCOn1ccc2c(N)nc(N)n21. The minimum atomic E-state index is 0.325. The molecule has 0 saturated carbocycles. The van der Waals surface area contributed by atoms with Crippen LogP contribution in [0.1, 0.15) is 6.92 Å². The van der Waals surface area contributed by atoms with Gasteiger partial charge in [0.2, 0.25) is 5.95 Å². The molecule has 0 aliphatic carbocycles. The highest BCUT2D eigenvalue weighted by Crippen LogP contribution is 2.16. The molecule has 0 aromatic carbocycles. The Morgan fingerprint density at radius 1 is 1.54 bits per heavy atom. The highest BCUT2D eigenvalue weighted by molar-refractivity contribution is 5.68. The van der Waals surface area contributed by atoms with Crippen LogP contribution in [0.4, 0.5) is 11.8 Å². The fourth-order valence-electron chi connectivity index (χ4n) is 1.26. The molecule has 2 heterocycles. The second kappa shape index (κ2) is 2.58. The third-order valence-electron chi connectivity index (χ3n) is 1.76. The van der Waals surface area contributed by atoms with Gasteiger partial charge in [-0.05, 0) is 13.0 Å². The zero-order valence-electron chi connectivity index (χ0n) is 7.27. The van der Waals surface area contributed by atoms with Crippen molar-refractivity contribution in [2.75, 3.05) is 18.1 Å². The largest absolute Gasteiger partial charge is 0.398 e. The molecule has 0 aliphatic rings. The van der Waals surface area contributed by atoms with E-state index in [4.69, 9.17) is 16.3 Å². The first-order valence-corrected chi connectivity index (χ1v) is 3.98. The van der Waals surface area contributed by atoms with Gasteiger partial charge in [0.1, 0.15) is 12.1 Å². The molecule has 0 amide bonds. The highest BCUT2D eigenvalue weighted by atomic mass is 16.7. The molecule has 6 heteroatoms. The standard InChI is InChI=1S/C7H11N5O/c1-2-13-11-4-3-5-6(8)10-7(9)12(5)11/h3-4H,2,8H2,1H3,(H2,9,10). The molecule has 2 aromatic rings. The van der Waals surface area contributed by atoms with Crippen LogP contribution >= 0.6 is 0 Å². The summed E-state index contributed by atoms with van der Waals surface area (Å²) in [7, 11) is 0. The summed E-state index contributed by atoms with van der Waals surface area (Å²) in [4.78, 5) is 10.7. The molecule has 0 spiro atoms. The molecule has 0 bridgehead atoms. The van der Waals surface area contributed by atoms with Crippen LogP contribution in [0.25, 0.3) is 5.52 Å². The van der Waals surface area contributed by atoms with Crippen LogP contribution in [0.2, 0.25) is 0 Å². The van der Waals surface area contributed by atoms with Gasteiger partial charge >= 0.3 is 0 Å². The van der Waals surface area contributed by atoms with Crippen molar-refractivity contribution in [1.82, 2.24) is 14.3 Å². The number of nitrogen functional groups attached to an aromatic ring is 2.